The van der Waals surface area contributed by atoms with Crippen LogP contribution in [0.3, 0.4) is 0 Å². The van der Waals surface area contributed by atoms with E-state index in [-0.39, 0.29) is 17.4 Å². The molecular weight excluding hydrogens is 453 g/mol. The van der Waals surface area contributed by atoms with E-state index in [1.54, 1.807) is 6.07 Å². The van der Waals surface area contributed by atoms with Crippen molar-refractivity contribution in [2.75, 3.05) is 23.5 Å². The van der Waals surface area contributed by atoms with Gasteiger partial charge in [-0.15, -0.1) is 11.8 Å². The predicted octanol–water partition coefficient (Wildman–Crippen LogP) is 6.75. The Labute approximate surface area is 193 Å². The summed E-state index contributed by atoms with van der Waals surface area (Å²) in [6.07, 6.45) is 5.21. The number of unbranched alkanes of at least 4 members (excludes halogenated alkanes) is 1. The third-order valence-electron chi connectivity index (χ3n) is 5.32. The van der Waals surface area contributed by atoms with E-state index >= 15 is 0 Å². The van der Waals surface area contributed by atoms with E-state index in [1.807, 2.05) is 36.6 Å². The summed E-state index contributed by atoms with van der Waals surface area (Å²) in [6.45, 7) is 2.74. The van der Waals surface area contributed by atoms with Gasteiger partial charge in [-0.1, -0.05) is 38.0 Å². The molecule has 0 spiro atoms. The van der Waals surface area contributed by atoms with Crippen LogP contribution in [0.1, 0.15) is 26.2 Å². The molecule has 1 heterocycles. The number of carboxylic acids is 1. The van der Waals surface area contributed by atoms with Crippen LogP contribution in [0.4, 0.5) is 15.8 Å². The largest absolute Gasteiger partial charge is 0.476 e. The first kappa shape index (κ1) is 24.4. The van der Waals surface area contributed by atoms with Gasteiger partial charge in [-0.25, -0.2) is 4.79 Å². The number of thioether (sulfide) groups is 1. The number of para-hydroxylation sites is 1. The molecule has 174 valence electrons. The average molecular weight is 482 g/mol. The highest BCUT2D eigenvalue weighted by atomic mass is 32.3. The molecular formula is C23H28FNO5S2. The summed E-state index contributed by atoms with van der Waals surface area (Å²) in [5, 5.41) is 8.75. The molecule has 0 radical (unpaired) electrons. The lowest BCUT2D eigenvalue weighted by molar-refractivity contribution is -0.134. The van der Waals surface area contributed by atoms with E-state index in [9.17, 15) is 18.3 Å². The van der Waals surface area contributed by atoms with Crippen LogP contribution in [-0.4, -0.2) is 38.7 Å². The monoisotopic (exact) mass is 481 g/mol. The summed E-state index contributed by atoms with van der Waals surface area (Å²) < 4.78 is 41.1. The highest BCUT2D eigenvalue weighted by molar-refractivity contribution is 8.24. The van der Waals surface area contributed by atoms with Crippen LogP contribution in [0.25, 0.3) is 0 Å². The molecule has 1 aliphatic rings. The predicted molar refractivity (Wildman–Crippen MR) is 128 cm³/mol. The highest BCUT2D eigenvalue weighted by Gasteiger charge is 2.33. The standard InChI is InChI=1S/C23H28FNO5S2/c1-3-4-8-16-13-25(17-9-6-5-7-10-17)19-11-21(31-2)20(30-14-18(24)23(26)27)12-22(19)32(28,29)15-16/h5-7,9-12,14,16,28-29H,3-4,8,13,15H2,1-2H3,(H,26,27)/b18-14-/t16-/m1/s1. The number of benzene rings is 2. The van der Waals surface area contributed by atoms with E-state index in [0.29, 0.717) is 28.3 Å². The van der Waals surface area contributed by atoms with Crippen LogP contribution in [-0.2, 0) is 4.79 Å². The number of halogens is 1. The molecule has 2 aromatic rings. The fourth-order valence-corrected chi connectivity index (χ4v) is 6.21. The number of rotatable bonds is 8. The second kappa shape index (κ2) is 10.6. The minimum absolute atomic E-state index is 0.0685. The summed E-state index contributed by atoms with van der Waals surface area (Å²) in [7, 11) is -3.16. The highest BCUT2D eigenvalue weighted by Crippen LogP contribution is 2.59. The normalized spacial score (nSPS) is 19.1. The van der Waals surface area contributed by atoms with Gasteiger partial charge in [0.05, 0.1) is 15.5 Å². The first-order valence-electron chi connectivity index (χ1n) is 10.3. The van der Waals surface area contributed by atoms with Gasteiger partial charge in [-0.05, 0) is 36.8 Å². The van der Waals surface area contributed by atoms with Gasteiger partial charge in [0.25, 0.3) is 0 Å². The summed E-state index contributed by atoms with van der Waals surface area (Å²) in [4.78, 5) is 13.8. The zero-order valence-corrected chi connectivity index (χ0v) is 19.7. The zero-order chi connectivity index (χ0) is 23.3. The molecule has 0 bridgehead atoms. The molecule has 3 rings (SSSR count). The summed E-state index contributed by atoms with van der Waals surface area (Å²) >= 11 is 1.34. The lowest BCUT2D eigenvalue weighted by Crippen LogP contribution is -2.25. The van der Waals surface area contributed by atoms with Crippen LogP contribution < -0.4 is 9.64 Å². The molecule has 0 amide bonds. The molecule has 0 fully saturated rings. The Balaban J connectivity index is 2.13. The second-order valence-corrected chi connectivity index (χ2v) is 10.6. The van der Waals surface area contributed by atoms with Gasteiger partial charge in [0.1, 0.15) is 12.0 Å². The maximum absolute atomic E-state index is 13.5. The van der Waals surface area contributed by atoms with Crippen LogP contribution in [0.2, 0.25) is 0 Å². The molecule has 3 N–H and O–H groups in total. The molecule has 0 saturated carbocycles. The van der Waals surface area contributed by atoms with Crippen molar-refractivity contribution < 1.29 is 28.1 Å². The SMILES string of the molecule is CCCC[C@@H]1CN(c2ccccc2)c2cc(SC)c(O/C=C(\F)C(=O)O)cc2S(O)(O)C1. The number of hydrogen-bond acceptors (Lipinski definition) is 6. The Bertz CT molecular complexity index is 984. The van der Waals surface area contributed by atoms with Crippen molar-refractivity contribution in [2.45, 2.75) is 36.0 Å². The molecule has 0 aliphatic carbocycles. The number of anilines is 2. The first-order chi connectivity index (χ1) is 15.3. The number of carbonyl (C=O) groups is 1. The molecule has 2 aromatic carbocycles. The maximum Gasteiger partial charge on any atom is 0.368 e. The topological polar surface area (TPSA) is 90.2 Å². The van der Waals surface area contributed by atoms with Gasteiger partial charge >= 0.3 is 5.97 Å². The van der Waals surface area contributed by atoms with Crippen molar-refractivity contribution in [1.82, 2.24) is 0 Å². The van der Waals surface area contributed by atoms with Gasteiger partial charge in [0.15, 0.2) is 0 Å². The summed E-state index contributed by atoms with van der Waals surface area (Å²) in [5.74, 6) is -2.71. The Kier molecular flexibility index (Phi) is 8.10. The molecule has 0 aromatic heterocycles. The zero-order valence-electron chi connectivity index (χ0n) is 18.0. The maximum atomic E-state index is 13.5. The summed E-state index contributed by atoms with van der Waals surface area (Å²) in [6, 6.07) is 13.1. The van der Waals surface area contributed by atoms with Crippen molar-refractivity contribution in [3.05, 3.63) is 54.6 Å². The quantitative estimate of drug-likeness (QED) is 0.218. The molecule has 6 nitrogen and oxygen atoms in total. The van der Waals surface area contributed by atoms with Crippen molar-refractivity contribution in [3.63, 3.8) is 0 Å². The van der Waals surface area contributed by atoms with E-state index in [1.165, 1.54) is 17.8 Å². The molecule has 9 heteroatoms. The van der Waals surface area contributed by atoms with E-state index < -0.39 is 22.4 Å². The fourth-order valence-electron chi connectivity index (χ4n) is 3.77. The van der Waals surface area contributed by atoms with E-state index in [4.69, 9.17) is 9.84 Å². The number of aliphatic carboxylic acids is 1. The molecule has 32 heavy (non-hydrogen) atoms. The van der Waals surface area contributed by atoms with E-state index in [2.05, 4.69) is 11.8 Å². The van der Waals surface area contributed by atoms with Gasteiger partial charge < -0.3 is 14.7 Å². The van der Waals surface area contributed by atoms with Crippen molar-refractivity contribution >= 4 is 39.7 Å². The smallest absolute Gasteiger partial charge is 0.368 e. The average Bonchev–Trinajstić information content (AvgIpc) is 2.89. The van der Waals surface area contributed by atoms with Crippen molar-refractivity contribution in [2.24, 2.45) is 5.92 Å². The number of ether oxygens (including phenoxy) is 1. The third kappa shape index (κ3) is 5.58. The van der Waals surface area contributed by atoms with Crippen LogP contribution in [0, 0.1) is 5.92 Å². The molecule has 1 atom stereocenters. The van der Waals surface area contributed by atoms with E-state index in [0.717, 1.165) is 24.9 Å². The minimum atomic E-state index is -3.16. The minimum Gasteiger partial charge on any atom is -0.476 e. The second-order valence-electron chi connectivity index (χ2n) is 7.65. The number of carboxylic acid groups (broad SMARTS) is 1. The van der Waals surface area contributed by atoms with Crippen molar-refractivity contribution in [1.29, 1.82) is 0 Å². The number of nitrogens with zero attached hydrogens (tertiary/aromatic N) is 1. The van der Waals surface area contributed by atoms with Gasteiger partial charge in [-0.3, -0.25) is 9.11 Å². The van der Waals surface area contributed by atoms with Crippen LogP contribution >= 0.6 is 22.4 Å². The van der Waals surface area contributed by atoms with Crippen molar-refractivity contribution in [3.8, 4) is 5.75 Å². The lowest BCUT2D eigenvalue weighted by Gasteiger charge is -2.34. The molecule has 0 saturated heterocycles. The number of hydrogen-bond donors (Lipinski definition) is 3. The molecule has 0 unspecified atom stereocenters. The lowest BCUT2D eigenvalue weighted by atomic mass is 10.0. The first-order valence-corrected chi connectivity index (χ1v) is 13.3. The number of fused-ring (bicyclic) bond motifs is 1. The Hall–Kier alpha value is -2.20. The Morgan fingerprint density at radius 1 is 1.31 bits per heavy atom. The summed E-state index contributed by atoms with van der Waals surface area (Å²) in [5.41, 5.74) is 1.60. The van der Waals surface area contributed by atoms with Crippen LogP contribution in [0.5, 0.6) is 5.75 Å². The third-order valence-corrected chi connectivity index (χ3v) is 8.05. The Morgan fingerprint density at radius 2 is 2.03 bits per heavy atom. The fraction of sp³-hybridized carbons (Fsp3) is 0.348. The van der Waals surface area contributed by atoms with Gasteiger partial charge in [-0.2, -0.15) is 15.0 Å². The molecule has 1 aliphatic heterocycles. The van der Waals surface area contributed by atoms with Gasteiger partial charge in [0, 0.05) is 24.1 Å². The van der Waals surface area contributed by atoms with Crippen LogP contribution in [0.15, 0.2) is 64.3 Å². The van der Waals surface area contributed by atoms with Gasteiger partial charge in [0.2, 0.25) is 5.83 Å². The Morgan fingerprint density at radius 3 is 2.66 bits per heavy atom.